The minimum atomic E-state index is 0.0295. The molecule has 0 spiro atoms. The van der Waals surface area contributed by atoms with Gasteiger partial charge in [-0.1, -0.05) is 29.8 Å². The first-order valence-corrected chi connectivity index (χ1v) is 10.4. The molecule has 1 N–H and O–H groups in total. The zero-order chi connectivity index (χ0) is 18.8. The lowest BCUT2D eigenvalue weighted by Crippen LogP contribution is -2.43. The Bertz CT molecular complexity index is 569. The molecule has 0 aromatic heterocycles. The number of carbonyl (C=O) groups is 2. The van der Waals surface area contributed by atoms with Crippen LogP contribution in [0.15, 0.2) is 24.3 Å². The molecule has 1 aromatic carbocycles. The van der Waals surface area contributed by atoms with Crippen molar-refractivity contribution in [1.29, 1.82) is 0 Å². The van der Waals surface area contributed by atoms with E-state index in [9.17, 15) is 9.59 Å². The second-order valence-electron chi connectivity index (χ2n) is 6.77. The van der Waals surface area contributed by atoms with Crippen LogP contribution in [-0.4, -0.2) is 55.8 Å². The van der Waals surface area contributed by atoms with Gasteiger partial charge in [0.2, 0.25) is 11.8 Å². The van der Waals surface area contributed by atoms with Gasteiger partial charge < -0.3 is 15.0 Å². The lowest BCUT2D eigenvalue weighted by atomic mass is 9.96. The molecule has 1 aromatic rings. The Morgan fingerprint density at radius 3 is 2.58 bits per heavy atom. The predicted octanol–water partition coefficient (Wildman–Crippen LogP) is 2.62. The highest BCUT2D eigenvalue weighted by atomic mass is 32.2. The summed E-state index contributed by atoms with van der Waals surface area (Å²) in [6.07, 6.45) is 2.34. The molecule has 2 amide bonds. The first-order valence-electron chi connectivity index (χ1n) is 9.28. The first kappa shape index (κ1) is 20.8. The molecule has 1 heterocycles. The number of benzene rings is 1. The Morgan fingerprint density at radius 2 is 1.92 bits per heavy atom. The third-order valence-electron chi connectivity index (χ3n) is 4.66. The summed E-state index contributed by atoms with van der Waals surface area (Å²) < 4.78 is 4.98. The van der Waals surface area contributed by atoms with Crippen molar-refractivity contribution in [1.82, 2.24) is 10.2 Å². The summed E-state index contributed by atoms with van der Waals surface area (Å²) in [5, 5.41) is 2.96. The van der Waals surface area contributed by atoms with Gasteiger partial charge in [0.25, 0.3) is 0 Å². The van der Waals surface area contributed by atoms with Gasteiger partial charge in [0.1, 0.15) is 0 Å². The van der Waals surface area contributed by atoms with Crippen molar-refractivity contribution in [3.63, 3.8) is 0 Å². The molecular weight excluding hydrogens is 348 g/mol. The zero-order valence-corrected chi connectivity index (χ0v) is 16.6. The number of methoxy groups -OCH3 is 1. The van der Waals surface area contributed by atoms with Crippen LogP contribution in [0.1, 0.15) is 30.4 Å². The van der Waals surface area contributed by atoms with Gasteiger partial charge in [0.15, 0.2) is 0 Å². The number of nitrogens with zero attached hydrogens (tertiary/aromatic N) is 1. The summed E-state index contributed by atoms with van der Waals surface area (Å²) in [5.74, 6) is 1.68. The van der Waals surface area contributed by atoms with E-state index in [4.69, 9.17) is 4.74 Å². The summed E-state index contributed by atoms with van der Waals surface area (Å²) in [7, 11) is 1.66. The van der Waals surface area contributed by atoms with Crippen LogP contribution in [0.4, 0.5) is 0 Å². The highest BCUT2D eigenvalue weighted by Gasteiger charge is 2.26. The van der Waals surface area contributed by atoms with Gasteiger partial charge in [-0.3, -0.25) is 9.59 Å². The fraction of sp³-hybridized carbons (Fsp3) is 0.600. The average molecular weight is 379 g/mol. The van der Waals surface area contributed by atoms with Crippen molar-refractivity contribution in [3.05, 3.63) is 35.4 Å². The largest absolute Gasteiger partial charge is 0.385 e. The van der Waals surface area contributed by atoms with Crippen molar-refractivity contribution in [2.45, 2.75) is 31.9 Å². The molecule has 0 bridgehead atoms. The fourth-order valence-corrected chi connectivity index (χ4v) is 3.88. The fourth-order valence-electron chi connectivity index (χ4n) is 3.00. The smallest absolute Gasteiger partial charge is 0.232 e. The third-order valence-corrected chi connectivity index (χ3v) is 5.65. The first-order chi connectivity index (χ1) is 12.6. The van der Waals surface area contributed by atoms with Gasteiger partial charge in [0, 0.05) is 45.0 Å². The Morgan fingerprint density at radius 1 is 1.23 bits per heavy atom. The SMILES string of the molecule is COCCCNC(=O)C1CCN(C(=O)CSCc2ccc(C)cc2)CC1. The Labute approximate surface area is 160 Å². The lowest BCUT2D eigenvalue weighted by Gasteiger charge is -2.31. The number of carbonyl (C=O) groups excluding carboxylic acids is 2. The number of amides is 2. The van der Waals surface area contributed by atoms with E-state index in [0.717, 1.165) is 25.0 Å². The van der Waals surface area contributed by atoms with Crippen LogP contribution in [0.2, 0.25) is 0 Å². The number of hydrogen-bond donors (Lipinski definition) is 1. The molecular formula is C20H30N2O3S. The number of likely N-dealkylation sites (tertiary alicyclic amines) is 1. The Hall–Kier alpha value is -1.53. The number of ether oxygens (including phenoxy) is 1. The minimum Gasteiger partial charge on any atom is -0.385 e. The molecule has 2 rings (SSSR count). The predicted molar refractivity (Wildman–Crippen MR) is 106 cm³/mol. The quantitative estimate of drug-likeness (QED) is 0.671. The van der Waals surface area contributed by atoms with Gasteiger partial charge in [-0.05, 0) is 31.7 Å². The highest BCUT2D eigenvalue weighted by molar-refractivity contribution is 7.99. The summed E-state index contributed by atoms with van der Waals surface area (Å²) >= 11 is 1.65. The summed E-state index contributed by atoms with van der Waals surface area (Å²) in [4.78, 5) is 26.4. The molecule has 1 saturated heterocycles. The van der Waals surface area contributed by atoms with Crippen molar-refractivity contribution in [3.8, 4) is 0 Å². The Balaban J connectivity index is 1.63. The molecule has 0 aliphatic carbocycles. The van der Waals surface area contributed by atoms with Crippen molar-refractivity contribution < 1.29 is 14.3 Å². The minimum absolute atomic E-state index is 0.0295. The van der Waals surface area contributed by atoms with Crippen LogP contribution in [0.3, 0.4) is 0 Å². The summed E-state index contributed by atoms with van der Waals surface area (Å²) in [6, 6.07) is 8.43. The van der Waals surface area contributed by atoms with E-state index in [2.05, 4.69) is 36.5 Å². The van der Waals surface area contributed by atoms with Crippen LogP contribution >= 0.6 is 11.8 Å². The maximum absolute atomic E-state index is 12.4. The van der Waals surface area contributed by atoms with Crippen LogP contribution < -0.4 is 5.32 Å². The monoisotopic (exact) mass is 378 g/mol. The van der Waals surface area contributed by atoms with Crippen LogP contribution in [0.25, 0.3) is 0 Å². The molecule has 1 aliphatic rings. The molecule has 6 heteroatoms. The standard InChI is InChI=1S/C20H30N2O3S/c1-16-4-6-17(7-5-16)14-26-15-19(23)22-11-8-18(9-12-22)20(24)21-10-3-13-25-2/h4-7,18H,3,8-15H2,1-2H3,(H,21,24). The number of hydrogen-bond acceptors (Lipinski definition) is 4. The maximum Gasteiger partial charge on any atom is 0.232 e. The number of thioether (sulfide) groups is 1. The van der Waals surface area contributed by atoms with Gasteiger partial charge in [0.05, 0.1) is 5.75 Å². The van der Waals surface area contributed by atoms with Gasteiger partial charge >= 0.3 is 0 Å². The maximum atomic E-state index is 12.4. The van der Waals surface area contributed by atoms with Crippen LogP contribution in [0, 0.1) is 12.8 Å². The number of nitrogens with one attached hydrogen (secondary N) is 1. The van der Waals surface area contributed by atoms with E-state index in [0.29, 0.717) is 32.0 Å². The molecule has 0 radical (unpaired) electrons. The molecule has 5 nitrogen and oxygen atoms in total. The highest BCUT2D eigenvalue weighted by Crippen LogP contribution is 2.19. The van der Waals surface area contributed by atoms with Gasteiger partial charge in [-0.25, -0.2) is 0 Å². The molecule has 0 saturated carbocycles. The summed E-state index contributed by atoms with van der Waals surface area (Å²) in [6.45, 7) is 4.75. The van der Waals surface area contributed by atoms with E-state index >= 15 is 0 Å². The van der Waals surface area contributed by atoms with E-state index in [-0.39, 0.29) is 17.7 Å². The summed E-state index contributed by atoms with van der Waals surface area (Å²) in [5.41, 5.74) is 2.50. The molecule has 1 aliphatic heterocycles. The van der Waals surface area contributed by atoms with E-state index < -0.39 is 0 Å². The molecule has 26 heavy (non-hydrogen) atoms. The van der Waals surface area contributed by atoms with E-state index in [1.54, 1.807) is 18.9 Å². The Kier molecular flexibility index (Phi) is 8.98. The normalized spacial score (nSPS) is 15.1. The molecule has 0 atom stereocenters. The second kappa shape index (κ2) is 11.2. The van der Waals surface area contributed by atoms with E-state index in [1.807, 2.05) is 4.90 Å². The average Bonchev–Trinajstić information content (AvgIpc) is 2.66. The van der Waals surface area contributed by atoms with Gasteiger partial charge in [-0.2, -0.15) is 0 Å². The number of aryl methyl sites for hydroxylation is 1. The van der Waals surface area contributed by atoms with E-state index in [1.165, 1.54) is 11.1 Å². The molecule has 1 fully saturated rings. The lowest BCUT2D eigenvalue weighted by molar-refractivity contribution is -0.133. The third kappa shape index (κ3) is 7.00. The van der Waals surface area contributed by atoms with Crippen molar-refractivity contribution in [2.75, 3.05) is 39.1 Å². The van der Waals surface area contributed by atoms with Crippen molar-refractivity contribution >= 4 is 23.6 Å². The molecule has 0 unspecified atom stereocenters. The van der Waals surface area contributed by atoms with Crippen LogP contribution in [0.5, 0.6) is 0 Å². The number of piperidine rings is 1. The second-order valence-corrected chi connectivity index (χ2v) is 7.76. The topological polar surface area (TPSA) is 58.6 Å². The zero-order valence-electron chi connectivity index (χ0n) is 15.8. The molecule has 144 valence electrons. The number of rotatable bonds is 9. The van der Waals surface area contributed by atoms with Gasteiger partial charge in [-0.15, -0.1) is 11.8 Å². The van der Waals surface area contributed by atoms with Crippen molar-refractivity contribution in [2.24, 2.45) is 5.92 Å². The van der Waals surface area contributed by atoms with Crippen LogP contribution in [-0.2, 0) is 20.1 Å².